The van der Waals surface area contributed by atoms with Gasteiger partial charge in [-0.3, -0.25) is 24.0 Å². The fourth-order valence-electron chi connectivity index (χ4n) is 3.34. The number of nitrogens with zero attached hydrogens (tertiary/aromatic N) is 3. The van der Waals surface area contributed by atoms with Crippen molar-refractivity contribution < 1.29 is 9.59 Å². The summed E-state index contributed by atoms with van der Waals surface area (Å²) in [4.78, 5) is 44.5. The average molecular weight is 471 g/mol. The van der Waals surface area contributed by atoms with Crippen molar-refractivity contribution in [1.82, 2.24) is 25.1 Å². The maximum absolute atomic E-state index is 13.1. The molecule has 32 heavy (non-hydrogen) atoms. The minimum absolute atomic E-state index is 0.174. The number of carbonyl (C=O) groups is 2. The molecule has 0 spiro atoms. The van der Waals surface area contributed by atoms with Gasteiger partial charge in [-0.15, -0.1) is 22.7 Å². The lowest BCUT2D eigenvalue weighted by Gasteiger charge is -2.20. The monoisotopic (exact) mass is 470 g/mol. The molecule has 0 bridgehead atoms. The quantitative estimate of drug-likeness (QED) is 0.365. The topological polar surface area (TPSA) is 122 Å². The van der Waals surface area contributed by atoms with E-state index in [0.717, 1.165) is 10.4 Å². The molecule has 4 rings (SSSR count). The second-order valence-electron chi connectivity index (χ2n) is 7.69. The Morgan fingerprint density at radius 3 is 2.78 bits per heavy atom. The fourth-order valence-corrected chi connectivity index (χ4v) is 5.06. The van der Waals surface area contributed by atoms with Crippen LogP contribution in [0.25, 0.3) is 20.7 Å². The van der Waals surface area contributed by atoms with Crippen LogP contribution in [0.2, 0.25) is 0 Å². The summed E-state index contributed by atoms with van der Waals surface area (Å²) in [6.45, 7) is 3.70. The van der Waals surface area contributed by atoms with Gasteiger partial charge in [0.05, 0.1) is 17.9 Å². The third kappa shape index (κ3) is 4.78. The van der Waals surface area contributed by atoms with Gasteiger partial charge in [0, 0.05) is 21.9 Å². The largest absolute Gasteiger partial charge is 0.343 e. The Morgan fingerprint density at radius 1 is 1.25 bits per heavy atom. The van der Waals surface area contributed by atoms with Gasteiger partial charge in [-0.05, 0) is 23.8 Å². The number of carbonyl (C=O) groups excluding carboxylic acids is 2. The van der Waals surface area contributed by atoms with Crippen molar-refractivity contribution >= 4 is 50.5 Å². The fraction of sp³-hybridized carbons (Fsp3) is 0.286. The summed E-state index contributed by atoms with van der Waals surface area (Å²) in [7, 11) is 0. The number of H-pyrrole nitrogens is 1. The summed E-state index contributed by atoms with van der Waals surface area (Å²) in [6.07, 6.45) is 3.35. The first-order valence-corrected chi connectivity index (χ1v) is 11.8. The molecule has 0 aromatic carbocycles. The maximum Gasteiger partial charge on any atom is 0.263 e. The van der Waals surface area contributed by atoms with Crippen LogP contribution in [0.1, 0.15) is 20.3 Å². The van der Waals surface area contributed by atoms with Gasteiger partial charge in [0.1, 0.15) is 23.2 Å². The van der Waals surface area contributed by atoms with Crippen LogP contribution in [0.4, 0.5) is 5.82 Å². The molecule has 1 atom stereocenters. The second-order valence-corrected chi connectivity index (χ2v) is 9.50. The predicted octanol–water partition coefficient (Wildman–Crippen LogP) is 3.08. The van der Waals surface area contributed by atoms with Gasteiger partial charge in [-0.25, -0.2) is 4.98 Å². The number of aromatic nitrogens is 4. The molecule has 11 heteroatoms. The first-order chi connectivity index (χ1) is 15.4. The van der Waals surface area contributed by atoms with Crippen molar-refractivity contribution in [3.05, 3.63) is 51.8 Å². The summed E-state index contributed by atoms with van der Waals surface area (Å²) in [5.74, 6) is -0.170. The summed E-state index contributed by atoms with van der Waals surface area (Å²) in [6, 6.07) is 4.75. The molecule has 0 saturated carbocycles. The molecule has 166 valence electrons. The second kappa shape index (κ2) is 9.45. The number of hydrogen-bond acceptors (Lipinski definition) is 7. The van der Waals surface area contributed by atoms with Gasteiger partial charge in [0.25, 0.3) is 5.56 Å². The Bertz CT molecular complexity index is 1270. The minimum atomic E-state index is -0.749. The molecule has 2 amide bonds. The number of thiophene rings is 2. The average Bonchev–Trinajstić information content (AvgIpc) is 3.50. The smallest absolute Gasteiger partial charge is 0.263 e. The van der Waals surface area contributed by atoms with E-state index >= 15 is 0 Å². The summed E-state index contributed by atoms with van der Waals surface area (Å²) < 4.78 is 1.28. The molecular formula is C21H22N6O3S2. The van der Waals surface area contributed by atoms with E-state index in [1.165, 1.54) is 28.4 Å². The first-order valence-electron chi connectivity index (χ1n) is 10.0. The Morgan fingerprint density at radius 2 is 2.09 bits per heavy atom. The van der Waals surface area contributed by atoms with Crippen LogP contribution in [-0.2, 0) is 16.1 Å². The highest BCUT2D eigenvalue weighted by molar-refractivity contribution is 7.18. The zero-order chi connectivity index (χ0) is 22.7. The molecule has 4 aromatic rings. The SMILES string of the molecule is CC(C)C[C@@H](NC(=O)Cn1cnc2scc(-c3cccs3)c2c1=O)C(=O)Nc1ccn[nH]1. The van der Waals surface area contributed by atoms with E-state index in [9.17, 15) is 14.4 Å². The summed E-state index contributed by atoms with van der Waals surface area (Å²) >= 11 is 2.94. The van der Waals surface area contributed by atoms with Crippen molar-refractivity contribution in [2.45, 2.75) is 32.9 Å². The lowest BCUT2D eigenvalue weighted by atomic mass is 10.0. The van der Waals surface area contributed by atoms with Gasteiger partial charge < -0.3 is 10.6 Å². The number of aromatic amines is 1. The first kappa shape index (κ1) is 21.9. The zero-order valence-electron chi connectivity index (χ0n) is 17.5. The Labute approximate surface area is 191 Å². The lowest BCUT2D eigenvalue weighted by Crippen LogP contribution is -2.46. The van der Waals surface area contributed by atoms with E-state index in [0.29, 0.717) is 22.5 Å². The van der Waals surface area contributed by atoms with Crippen LogP contribution >= 0.6 is 22.7 Å². The molecule has 0 aliphatic rings. The molecule has 9 nitrogen and oxygen atoms in total. The van der Waals surface area contributed by atoms with Gasteiger partial charge in [0.15, 0.2) is 0 Å². The third-order valence-electron chi connectivity index (χ3n) is 4.78. The number of anilines is 1. The van der Waals surface area contributed by atoms with Crippen LogP contribution in [0.3, 0.4) is 0 Å². The third-order valence-corrected chi connectivity index (χ3v) is 6.57. The molecule has 0 aliphatic heterocycles. The van der Waals surface area contributed by atoms with E-state index in [2.05, 4.69) is 25.8 Å². The standard InChI is InChI=1S/C21H22N6O3S2/c1-12(2)8-14(19(29)25-16-5-6-23-26-16)24-17(28)9-27-11-22-20-18(21(27)30)13(10-32-20)15-4-3-7-31-15/h3-7,10-12,14H,8-9H2,1-2H3,(H,24,28)(H2,23,25,26,29)/t14-/m1/s1. The van der Waals surface area contributed by atoms with Crippen LogP contribution in [-0.4, -0.2) is 37.6 Å². The summed E-state index contributed by atoms with van der Waals surface area (Å²) in [5.41, 5.74) is 0.543. The van der Waals surface area contributed by atoms with E-state index in [4.69, 9.17) is 0 Å². The Hall–Kier alpha value is -3.31. The molecule has 4 aromatic heterocycles. The van der Waals surface area contributed by atoms with E-state index < -0.39 is 11.9 Å². The predicted molar refractivity (Wildman–Crippen MR) is 126 cm³/mol. The van der Waals surface area contributed by atoms with Crippen molar-refractivity contribution in [2.24, 2.45) is 5.92 Å². The molecule has 4 heterocycles. The van der Waals surface area contributed by atoms with E-state index in [1.54, 1.807) is 17.4 Å². The van der Waals surface area contributed by atoms with Crippen molar-refractivity contribution in [2.75, 3.05) is 5.32 Å². The number of rotatable bonds is 8. The number of amides is 2. The molecule has 0 radical (unpaired) electrons. The maximum atomic E-state index is 13.1. The summed E-state index contributed by atoms with van der Waals surface area (Å²) in [5, 5.41) is 16.3. The molecular weight excluding hydrogens is 448 g/mol. The van der Waals surface area contributed by atoms with Crippen molar-refractivity contribution in [1.29, 1.82) is 0 Å². The molecule has 0 fully saturated rings. The Balaban J connectivity index is 1.53. The van der Waals surface area contributed by atoms with Crippen molar-refractivity contribution in [3.8, 4) is 10.4 Å². The molecule has 0 unspecified atom stereocenters. The van der Waals surface area contributed by atoms with Gasteiger partial charge in [-0.2, -0.15) is 5.10 Å². The number of fused-ring (bicyclic) bond motifs is 1. The molecule has 0 aliphatic carbocycles. The normalized spacial score (nSPS) is 12.2. The van der Waals surface area contributed by atoms with Crippen LogP contribution in [0, 0.1) is 5.92 Å². The minimum Gasteiger partial charge on any atom is -0.343 e. The van der Waals surface area contributed by atoms with Gasteiger partial charge >= 0.3 is 0 Å². The molecule has 3 N–H and O–H groups in total. The van der Waals surface area contributed by atoms with E-state index in [1.807, 2.05) is 36.7 Å². The van der Waals surface area contributed by atoms with Crippen LogP contribution < -0.4 is 16.2 Å². The highest BCUT2D eigenvalue weighted by Gasteiger charge is 2.23. The Kier molecular flexibility index (Phi) is 6.47. The lowest BCUT2D eigenvalue weighted by molar-refractivity contribution is -0.127. The number of hydrogen-bond donors (Lipinski definition) is 3. The van der Waals surface area contributed by atoms with Crippen LogP contribution in [0.5, 0.6) is 0 Å². The van der Waals surface area contributed by atoms with E-state index in [-0.39, 0.29) is 23.9 Å². The van der Waals surface area contributed by atoms with Crippen LogP contribution in [0.15, 0.2) is 46.3 Å². The molecule has 0 saturated heterocycles. The highest BCUT2D eigenvalue weighted by Crippen LogP contribution is 2.33. The zero-order valence-corrected chi connectivity index (χ0v) is 19.1. The number of nitrogens with one attached hydrogen (secondary N) is 3. The van der Waals surface area contributed by atoms with Crippen molar-refractivity contribution in [3.63, 3.8) is 0 Å². The highest BCUT2D eigenvalue weighted by atomic mass is 32.1. The van der Waals surface area contributed by atoms with Gasteiger partial charge in [-0.1, -0.05) is 19.9 Å². The van der Waals surface area contributed by atoms with Gasteiger partial charge in [0.2, 0.25) is 11.8 Å².